The fourth-order valence-electron chi connectivity index (χ4n) is 4.00. The molecule has 1 aromatic rings. The van der Waals surface area contributed by atoms with Crippen LogP contribution in [0, 0.1) is 0 Å². The number of hydrogen-bond donors (Lipinski definition) is 0. The standard InChI is InChI=1S/C18H27N3O4S/c1-18(2)14-20(26(23,24)16-7-5-4-6-8-16)12-15-11-19(9-10-21(15)18)17(22)13-25-3/h4-8,15H,9-14H2,1-3H3. The van der Waals surface area contributed by atoms with Gasteiger partial charge in [0.15, 0.2) is 0 Å². The molecule has 0 bridgehead atoms. The van der Waals surface area contributed by atoms with Crippen molar-refractivity contribution in [3.05, 3.63) is 30.3 Å². The Balaban J connectivity index is 1.83. The van der Waals surface area contributed by atoms with Crippen molar-refractivity contribution >= 4 is 15.9 Å². The zero-order valence-electron chi connectivity index (χ0n) is 15.6. The maximum absolute atomic E-state index is 13.1. The summed E-state index contributed by atoms with van der Waals surface area (Å²) in [6.07, 6.45) is 0. The van der Waals surface area contributed by atoms with Crippen molar-refractivity contribution < 1.29 is 17.9 Å². The molecule has 1 unspecified atom stereocenters. The van der Waals surface area contributed by atoms with E-state index in [1.54, 1.807) is 39.5 Å². The molecule has 2 aliphatic heterocycles. The summed E-state index contributed by atoms with van der Waals surface area (Å²) >= 11 is 0. The van der Waals surface area contributed by atoms with E-state index in [0.717, 1.165) is 6.54 Å². The van der Waals surface area contributed by atoms with Gasteiger partial charge < -0.3 is 9.64 Å². The largest absolute Gasteiger partial charge is 0.375 e. The molecule has 0 saturated carbocycles. The Morgan fingerprint density at radius 3 is 2.54 bits per heavy atom. The van der Waals surface area contributed by atoms with Crippen LogP contribution in [0.2, 0.25) is 0 Å². The van der Waals surface area contributed by atoms with E-state index in [9.17, 15) is 13.2 Å². The Kier molecular flexibility index (Phi) is 5.39. The second-order valence-electron chi connectivity index (χ2n) is 7.54. The minimum atomic E-state index is -3.55. The second-order valence-corrected chi connectivity index (χ2v) is 9.48. The van der Waals surface area contributed by atoms with Crippen LogP contribution in [0.5, 0.6) is 0 Å². The molecule has 2 aliphatic rings. The summed E-state index contributed by atoms with van der Waals surface area (Å²) in [7, 11) is -2.05. The number of hydrogen-bond acceptors (Lipinski definition) is 5. The van der Waals surface area contributed by atoms with Crippen molar-refractivity contribution in [1.29, 1.82) is 0 Å². The van der Waals surface area contributed by atoms with Gasteiger partial charge in [0.25, 0.3) is 0 Å². The number of carbonyl (C=O) groups excluding carboxylic acids is 1. The lowest BCUT2D eigenvalue weighted by Crippen LogP contribution is -2.70. The molecule has 0 aromatic heterocycles. The van der Waals surface area contributed by atoms with Crippen molar-refractivity contribution in [2.24, 2.45) is 0 Å². The lowest BCUT2D eigenvalue weighted by atomic mass is 9.94. The van der Waals surface area contributed by atoms with Crippen molar-refractivity contribution in [1.82, 2.24) is 14.1 Å². The van der Waals surface area contributed by atoms with Crippen LogP contribution in [0.15, 0.2) is 35.2 Å². The Hall–Kier alpha value is -1.48. The predicted octanol–water partition coefficient (Wildman–Crippen LogP) is 0.629. The van der Waals surface area contributed by atoms with Crippen LogP contribution in [0.4, 0.5) is 0 Å². The zero-order valence-corrected chi connectivity index (χ0v) is 16.4. The normalized spacial score (nSPS) is 24.3. The summed E-state index contributed by atoms with van der Waals surface area (Å²) in [4.78, 5) is 16.6. The van der Waals surface area contributed by atoms with E-state index in [1.165, 1.54) is 7.11 Å². The number of rotatable bonds is 4. The highest BCUT2D eigenvalue weighted by molar-refractivity contribution is 7.89. The number of piperazine rings is 2. The van der Waals surface area contributed by atoms with Gasteiger partial charge in [-0.2, -0.15) is 4.31 Å². The maximum Gasteiger partial charge on any atom is 0.248 e. The summed E-state index contributed by atoms with van der Waals surface area (Å²) in [6.45, 7) is 6.93. The number of fused-ring (bicyclic) bond motifs is 1. The quantitative estimate of drug-likeness (QED) is 0.765. The molecule has 1 amide bonds. The number of benzene rings is 1. The van der Waals surface area contributed by atoms with Gasteiger partial charge in [-0.05, 0) is 26.0 Å². The molecular weight excluding hydrogens is 354 g/mol. The van der Waals surface area contributed by atoms with Crippen LogP contribution in [0.25, 0.3) is 0 Å². The first-order valence-electron chi connectivity index (χ1n) is 8.84. The number of sulfonamides is 1. The van der Waals surface area contributed by atoms with Gasteiger partial charge in [-0.15, -0.1) is 0 Å². The van der Waals surface area contributed by atoms with Crippen molar-refractivity contribution in [2.75, 3.05) is 46.4 Å². The predicted molar refractivity (Wildman–Crippen MR) is 98.2 cm³/mol. The molecule has 1 atom stereocenters. The minimum Gasteiger partial charge on any atom is -0.375 e. The fourth-order valence-corrected chi connectivity index (χ4v) is 5.65. The molecule has 1 aromatic carbocycles. The van der Waals surface area contributed by atoms with Crippen LogP contribution >= 0.6 is 0 Å². The second kappa shape index (κ2) is 7.26. The van der Waals surface area contributed by atoms with E-state index in [0.29, 0.717) is 31.1 Å². The highest BCUT2D eigenvalue weighted by Gasteiger charge is 2.46. The molecule has 0 aliphatic carbocycles. The molecule has 7 nitrogen and oxygen atoms in total. The number of methoxy groups -OCH3 is 1. The average molecular weight is 381 g/mol. The monoisotopic (exact) mass is 381 g/mol. The van der Waals surface area contributed by atoms with Crippen molar-refractivity contribution in [2.45, 2.75) is 30.3 Å². The first-order chi connectivity index (χ1) is 12.3. The molecule has 2 heterocycles. The van der Waals surface area contributed by atoms with Crippen LogP contribution in [0.1, 0.15) is 13.8 Å². The van der Waals surface area contributed by atoms with Gasteiger partial charge in [0.2, 0.25) is 15.9 Å². The Morgan fingerprint density at radius 2 is 1.88 bits per heavy atom. The molecule has 2 saturated heterocycles. The van der Waals surface area contributed by atoms with Gasteiger partial charge in [-0.25, -0.2) is 8.42 Å². The topological polar surface area (TPSA) is 70.2 Å². The highest BCUT2D eigenvalue weighted by Crippen LogP contribution is 2.31. The first-order valence-corrected chi connectivity index (χ1v) is 10.3. The molecule has 0 N–H and O–H groups in total. The molecule has 3 rings (SSSR count). The summed E-state index contributed by atoms with van der Waals surface area (Å²) in [5.74, 6) is -0.0482. The number of carbonyl (C=O) groups is 1. The van der Waals surface area contributed by atoms with E-state index in [4.69, 9.17) is 4.74 Å². The molecular formula is C18H27N3O4S. The maximum atomic E-state index is 13.1. The van der Waals surface area contributed by atoms with Gasteiger partial charge in [0.05, 0.1) is 4.90 Å². The lowest BCUT2D eigenvalue weighted by molar-refractivity contribution is -0.141. The molecule has 2 fully saturated rings. The van der Waals surface area contributed by atoms with E-state index >= 15 is 0 Å². The van der Waals surface area contributed by atoms with Crippen molar-refractivity contribution in [3.8, 4) is 0 Å². The third kappa shape index (κ3) is 3.64. The molecule has 0 radical (unpaired) electrons. The Bertz CT molecular complexity index is 751. The molecule has 26 heavy (non-hydrogen) atoms. The van der Waals surface area contributed by atoms with Crippen LogP contribution < -0.4 is 0 Å². The molecule has 8 heteroatoms. The molecule has 144 valence electrons. The fraction of sp³-hybridized carbons (Fsp3) is 0.611. The minimum absolute atomic E-state index is 0.0215. The number of ether oxygens (including phenoxy) is 1. The summed E-state index contributed by atoms with van der Waals surface area (Å²) < 4.78 is 32.7. The third-order valence-corrected chi connectivity index (χ3v) is 7.07. The zero-order chi connectivity index (χ0) is 18.9. The van der Waals surface area contributed by atoms with E-state index in [1.807, 2.05) is 0 Å². The highest BCUT2D eigenvalue weighted by atomic mass is 32.2. The van der Waals surface area contributed by atoms with Gasteiger partial charge in [-0.3, -0.25) is 9.69 Å². The van der Waals surface area contributed by atoms with E-state index in [-0.39, 0.29) is 24.1 Å². The van der Waals surface area contributed by atoms with Gasteiger partial charge in [0, 0.05) is 51.4 Å². The van der Waals surface area contributed by atoms with Crippen LogP contribution in [-0.2, 0) is 19.6 Å². The summed E-state index contributed by atoms with van der Waals surface area (Å²) in [5.41, 5.74) is -0.291. The summed E-state index contributed by atoms with van der Waals surface area (Å²) in [5, 5.41) is 0. The van der Waals surface area contributed by atoms with E-state index in [2.05, 4.69) is 18.7 Å². The average Bonchev–Trinajstić information content (AvgIpc) is 2.61. The summed E-state index contributed by atoms with van der Waals surface area (Å²) in [6, 6.07) is 8.52. The molecule has 0 spiro atoms. The lowest BCUT2D eigenvalue weighted by Gasteiger charge is -2.55. The third-order valence-electron chi connectivity index (χ3n) is 5.24. The number of nitrogens with zero attached hydrogens (tertiary/aromatic N) is 3. The smallest absolute Gasteiger partial charge is 0.248 e. The first kappa shape index (κ1) is 19.3. The Morgan fingerprint density at radius 1 is 1.19 bits per heavy atom. The van der Waals surface area contributed by atoms with Gasteiger partial charge in [-0.1, -0.05) is 18.2 Å². The van der Waals surface area contributed by atoms with Gasteiger partial charge >= 0.3 is 0 Å². The SMILES string of the molecule is COCC(=O)N1CCN2C(C1)CN(S(=O)(=O)c1ccccc1)CC2(C)C. The Labute approximate surface area is 155 Å². The van der Waals surface area contributed by atoms with Crippen LogP contribution in [-0.4, -0.2) is 86.5 Å². The van der Waals surface area contributed by atoms with E-state index < -0.39 is 10.0 Å². The van der Waals surface area contributed by atoms with Crippen LogP contribution in [0.3, 0.4) is 0 Å². The van der Waals surface area contributed by atoms with Crippen molar-refractivity contribution in [3.63, 3.8) is 0 Å². The number of amides is 1. The van der Waals surface area contributed by atoms with Gasteiger partial charge in [0.1, 0.15) is 6.61 Å².